The molecule has 1 N–H and O–H groups in total. The van der Waals surface area contributed by atoms with Crippen molar-refractivity contribution in [2.75, 3.05) is 18.4 Å². The van der Waals surface area contributed by atoms with Crippen molar-refractivity contribution in [2.45, 2.75) is 51.5 Å². The molecule has 1 aliphatic heterocycles. The Morgan fingerprint density at radius 2 is 1.83 bits per heavy atom. The highest BCUT2D eigenvalue weighted by Gasteiger charge is 2.35. The number of rotatable bonds is 5. The third-order valence-corrected chi connectivity index (χ3v) is 7.08. The van der Waals surface area contributed by atoms with Gasteiger partial charge in [-0.25, -0.2) is 23.1 Å². The molecule has 1 aliphatic rings. The number of aryl methyl sites for hydroxylation is 1. The summed E-state index contributed by atoms with van der Waals surface area (Å²) in [6.45, 7) is 6.31. The van der Waals surface area contributed by atoms with Crippen LogP contribution in [0.3, 0.4) is 0 Å². The van der Waals surface area contributed by atoms with Crippen molar-refractivity contribution in [3.63, 3.8) is 0 Å². The Kier molecular flexibility index (Phi) is 6.57. The summed E-state index contributed by atoms with van der Waals surface area (Å²) in [6.07, 6.45) is -0.359. The molecule has 1 fully saturated rings. The zero-order valence-electron chi connectivity index (χ0n) is 20.1. The molecule has 2 aromatic heterocycles. The Bertz CT molecular complexity index is 1330. The van der Waals surface area contributed by atoms with E-state index in [9.17, 15) is 22.8 Å². The van der Waals surface area contributed by atoms with E-state index in [2.05, 4.69) is 15.3 Å². The number of nitrogens with zero attached hydrogens (tertiary/aromatic N) is 4. The Morgan fingerprint density at radius 1 is 1.17 bits per heavy atom. The van der Waals surface area contributed by atoms with E-state index in [0.717, 1.165) is 6.07 Å². The fraction of sp³-hybridized carbons (Fsp3) is 0.440. The van der Waals surface area contributed by atoms with Gasteiger partial charge >= 0.3 is 0 Å². The lowest BCUT2D eigenvalue weighted by atomic mass is 9.74. The molecule has 35 heavy (non-hydrogen) atoms. The van der Waals surface area contributed by atoms with Crippen LogP contribution in [0.25, 0.3) is 11.0 Å². The molecule has 0 unspecified atom stereocenters. The van der Waals surface area contributed by atoms with Crippen LogP contribution in [0, 0.1) is 5.82 Å². The van der Waals surface area contributed by atoms with Gasteiger partial charge in [0.1, 0.15) is 23.6 Å². The van der Waals surface area contributed by atoms with Crippen LogP contribution < -0.4 is 10.9 Å². The van der Waals surface area contributed by atoms with Crippen LogP contribution in [0.4, 0.5) is 19.0 Å². The number of benzene rings is 1. The Hall–Kier alpha value is -3.43. The summed E-state index contributed by atoms with van der Waals surface area (Å²) in [6, 6.07) is 5.00. The monoisotopic (exact) mass is 487 g/mol. The van der Waals surface area contributed by atoms with Crippen molar-refractivity contribution < 1.29 is 18.0 Å². The highest BCUT2D eigenvalue weighted by molar-refractivity contribution is 5.87. The highest BCUT2D eigenvalue weighted by atomic mass is 19.3. The average molecular weight is 488 g/mol. The lowest BCUT2D eigenvalue weighted by Gasteiger charge is -2.39. The summed E-state index contributed by atoms with van der Waals surface area (Å²) in [5.74, 6) is -0.583. The zero-order chi connectivity index (χ0) is 25.5. The second-order valence-electron chi connectivity index (χ2n) is 9.37. The molecule has 0 spiro atoms. The summed E-state index contributed by atoms with van der Waals surface area (Å²) < 4.78 is 42.5. The third-order valence-electron chi connectivity index (χ3n) is 7.08. The van der Waals surface area contributed by atoms with Gasteiger partial charge in [0, 0.05) is 43.6 Å². The molecule has 0 aliphatic carbocycles. The number of pyridine rings is 1. The summed E-state index contributed by atoms with van der Waals surface area (Å²) >= 11 is 0. The predicted octanol–water partition coefficient (Wildman–Crippen LogP) is 4.48. The van der Waals surface area contributed by atoms with Gasteiger partial charge in [0.15, 0.2) is 0 Å². The smallest absolute Gasteiger partial charge is 0.266 e. The van der Waals surface area contributed by atoms with Crippen LogP contribution in [0.5, 0.6) is 0 Å². The highest BCUT2D eigenvalue weighted by Crippen LogP contribution is 2.36. The number of likely N-dealkylation sites (tertiary alicyclic amines) is 1. The molecule has 1 amide bonds. The fourth-order valence-electron chi connectivity index (χ4n) is 4.76. The predicted molar refractivity (Wildman–Crippen MR) is 127 cm³/mol. The van der Waals surface area contributed by atoms with Crippen LogP contribution >= 0.6 is 0 Å². The second-order valence-corrected chi connectivity index (χ2v) is 9.37. The molecular formula is C25H28F3N5O2. The fourth-order valence-corrected chi connectivity index (χ4v) is 4.76. The first-order valence-corrected chi connectivity index (χ1v) is 11.5. The van der Waals surface area contributed by atoms with Crippen LogP contribution in [-0.4, -0.2) is 38.4 Å². The number of anilines is 1. The molecule has 10 heteroatoms. The summed E-state index contributed by atoms with van der Waals surface area (Å²) in [5.41, 5.74) is -0.209. The Morgan fingerprint density at radius 3 is 2.46 bits per heavy atom. The first-order chi connectivity index (χ1) is 16.5. The van der Waals surface area contributed by atoms with E-state index in [1.807, 2.05) is 6.92 Å². The number of amides is 1. The molecule has 3 heterocycles. The minimum Gasteiger partial charge on any atom is -0.363 e. The molecule has 186 valence electrons. The van der Waals surface area contributed by atoms with E-state index < -0.39 is 29.3 Å². The van der Waals surface area contributed by atoms with Gasteiger partial charge in [0.2, 0.25) is 5.91 Å². The van der Waals surface area contributed by atoms with E-state index in [1.54, 1.807) is 24.9 Å². The number of fused-ring (bicyclic) bond motifs is 1. The molecule has 1 saturated heterocycles. The number of carbonyl (C=O) groups is 1. The van der Waals surface area contributed by atoms with E-state index >= 15 is 0 Å². The van der Waals surface area contributed by atoms with E-state index in [-0.39, 0.29) is 17.0 Å². The minimum absolute atomic E-state index is 0.00970. The number of hydrogen-bond acceptors (Lipinski definition) is 5. The SMILES string of the molecule is CC(=O)N1CCC(C)(c2cc3c(N[C@H](C)c4cccc(C(F)F)c4F)ncnc3n(C)c2=O)CC1. The number of carbonyl (C=O) groups excluding carboxylic acids is 1. The molecule has 0 saturated carbocycles. The molecule has 0 bridgehead atoms. The maximum absolute atomic E-state index is 14.7. The van der Waals surface area contributed by atoms with E-state index in [0.29, 0.717) is 48.3 Å². The van der Waals surface area contributed by atoms with Crippen molar-refractivity contribution >= 4 is 22.8 Å². The summed E-state index contributed by atoms with van der Waals surface area (Å²) in [4.78, 5) is 35.4. The van der Waals surface area contributed by atoms with Crippen molar-refractivity contribution in [3.8, 4) is 0 Å². The first-order valence-electron chi connectivity index (χ1n) is 11.5. The number of alkyl halides is 2. The van der Waals surface area contributed by atoms with E-state index in [4.69, 9.17) is 0 Å². The van der Waals surface area contributed by atoms with Gasteiger partial charge in [-0.2, -0.15) is 0 Å². The largest absolute Gasteiger partial charge is 0.363 e. The molecule has 0 radical (unpaired) electrons. The third kappa shape index (κ3) is 4.49. The van der Waals surface area contributed by atoms with Gasteiger partial charge in [-0.05, 0) is 25.8 Å². The molecular weight excluding hydrogens is 459 g/mol. The van der Waals surface area contributed by atoms with Crippen molar-refractivity contribution in [1.29, 1.82) is 0 Å². The number of nitrogens with one attached hydrogen (secondary N) is 1. The minimum atomic E-state index is -2.92. The van der Waals surface area contributed by atoms with Crippen LogP contribution in [0.15, 0.2) is 35.4 Å². The van der Waals surface area contributed by atoms with Crippen LogP contribution in [-0.2, 0) is 17.3 Å². The second kappa shape index (κ2) is 9.31. The molecule has 1 atom stereocenters. The van der Waals surface area contributed by atoms with Crippen LogP contribution in [0.2, 0.25) is 0 Å². The average Bonchev–Trinajstić information content (AvgIpc) is 2.81. The molecule has 3 aromatic rings. The summed E-state index contributed by atoms with van der Waals surface area (Å²) in [5, 5.41) is 3.68. The Labute approximate surface area is 201 Å². The standard InChI is InChI=1S/C25H28F3N5O2/c1-14(16-6-5-7-17(20(16)26)21(27)28)31-22-18-12-19(24(35)32(4)23(18)30-13-29-22)25(3)8-10-33(11-9-25)15(2)34/h5-7,12-14,21H,8-11H2,1-4H3,(H,29,30,31)/t14-/m1/s1. The maximum atomic E-state index is 14.7. The zero-order valence-corrected chi connectivity index (χ0v) is 20.1. The van der Waals surface area contributed by atoms with Crippen molar-refractivity contribution in [2.24, 2.45) is 7.05 Å². The first kappa shape index (κ1) is 24.7. The lowest BCUT2D eigenvalue weighted by Crippen LogP contribution is -2.45. The van der Waals surface area contributed by atoms with Crippen molar-refractivity contribution in [1.82, 2.24) is 19.4 Å². The Balaban J connectivity index is 1.75. The number of hydrogen-bond donors (Lipinski definition) is 1. The van der Waals surface area contributed by atoms with Gasteiger partial charge in [-0.15, -0.1) is 0 Å². The van der Waals surface area contributed by atoms with Crippen LogP contribution in [0.1, 0.15) is 62.8 Å². The maximum Gasteiger partial charge on any atom is 0.266 e. The van der Waals surface area contributed by atoms with Gasteiger partial charge in [-0.1, -0.05) is 25.1 Å². The topological polar surface area (TPSA) is 80.1 Å². The summed E-state index contributed by atoms with van der Waals surface area (Å²) in [7, 11) is 1.63. The van der Waals surface area contributed by atoms with Gasteiger partial charge in [0.25, 0.3) is 12.0 Å². The quantitative estimate of drug-likeness (QED) is 0.574. The van der Waals surface area contributed by atoms with E-state index in [1.165, 1.54) is 30.0 Å². The lowest BCUT2D eigenvalue weighted by molar-refractivity contribution is -0.130. The molecule has 7 nitrogen and oxygen atoms in total. The molecule has 1 aromatic carbocycles. The number of piperidine rings is 1. The number of aromatic nitrogens is 3. The molecule has 4 rings (SSSR count). The normalized spacial score (nSPS) is 16.5. The van der Waals surface area contributed by atoms with Gasteiger partial charge < -0.3 is 10.2 Å². The van der Waals surface area contributed by atoms with Gasteiger partial charge in [-0.3, -0.25) is 14.2 Å². The van der Waals surface area contributed by atoms with Gasteiger partial charge in [0.05, 0.1) is 17.0 Å². The number of halogens is 3. The van der Waals surface area contributed by atoms with Crippen molar-refractivity contribution in [3.05, 3.63) is 63.5 Å².